The fourth-order valence-electron chi connectivity index (χ4n) is 1.66. The van der Waals surface area contributed by atoms with Crippen LogP contribution in [0.2, 0.25) is 0 Å². The van der Waals surface area contributed by atoms with Gasteiger partial charge in [-0.05, 0) is 30.5 Å². The van der Waals surface area contributed by atoms with E-state index in [9.17, 15) is 13.6 Å². The first-order valence-corrected chi connectivity index (χ1v) is 4.69. The Morgan fingerprint density at radius 1 is 1.33 bits per heavy atom. The third-order valence-electron chi connectivity index (χ3n) is 2.86. The first-order chi connectivity index (χ1) is 7.06. The third-order valence-corrected chi connectivity index (χ3v) is 2.86. The molecule has 80 valence electrons. The second kappa shape index (κ2) is 3.29. The first-order valence-electron chi connectivity index (χ1n) is 4.69. The summed E-state index contributed by atoms with van der Waals surface area (Å²) in [6.45, 7) is 0. The van der Waals surface area contributed by atoms with Gasteiger partial charge in [-0.1, -0.05) is 12.1 Å². The van der Waals surface area contributed by atoms with Crippen molar-refractivity contribution in [2.24, 2.45) is 5.41 Å². The molecule has 0 amide bonds. The fraction of sp³-hybridized carbons (Fsp3) is 0.364. The van der Waals surface area contributed by atoms with Gasteiger partial charge in [0.2, 0.25) is 0 Å². The number of carboxylic acids is 1. The number of hydrogen-bond donors (Lipinski definition) is 1. The molecule has 1 atom stereocenters. The van der Waals surface area contributed by atoms with Crippen molar-refractivity contribution in [1.29, 1.82) is 0 Å². The maximum Gasteiger partial charge on any atom is 0.312 e. The zero-order chi connectivity index (χ0) is 11.1. The van der Waals surface area contributed by atoms with Gasteiger partial charge in [0.1, 0.15) is 17.4 Å². The highest BCUT2D eigenvalue weighted by Crippen LogP contribution is 2.56. The molecule has 1 aromatic carbocycles. The lowest BCUT2D eigenvalue weighted by Crippen LogP contribution is -2.20. The average Bonchev–Trinajstić information content (AvgIpc) is 2.98. The Morgan fingerprint density at radius 2 is 1.87 bits per heavy atom. The molecule has 0 heterocycles. The minimum absolute atomic E-state index is 0.233. The number of hydrogen-bond acceptors (Lipinski definition) is 1. The Kier molecular flexibility index (Phi) is 2.21. The molecule has 0 spiro atoms. The van der Waals surface area contributed by atoms with Gasteiger partial charge in [0, 0.05) is 0 Å². The second-order valence-corrected chi connectivity index (χ2v) is 3.88. The van der Waals surface area contributed by atoms with Gasteiger partial charge in [0.25, 0.3) is 0 Å². The molecule has 1 N–H and O–H groups in total. The maximum atomic E-state index is 13.9. The molecular weight excluding hydrogens is 202 g/mol. The van der Waals surface area contributed by atoms with E-state index in [1.807, 2.05) is 0 Å². The summed E-state index contributed by atoms with van der Waals surface area (Å²) < 4.78 is 26.4. The van der Waals surface area contributed by atoms with Crippen molar-refractivity contribution >= 4 is 5.97 Å². The summed E-state index contributed by atoms with van der Waals surface area (Å²) in [6.07, 6.45) is -0.850. The van der Waals surface area contributed by atoms with Crippen LogP contribution in [0.1, 0.15) is 24.6 Å². The molecule has 1 fully saturated rings. The lowest BCUT2D eigenvalue weighted by atomic mass is 9.94. The normalized spacial score (nSPS) is 19.6. The Morgan fingerprint density at radius 3 is 2.27 bits per heavy atom. The number of alkyl halides is 1. The van der Waals surface area contributed by atoms with Crippen LogP contribution in [-0.2, 0) is 4.79 Å². The Bertz CT molecular complexity index is 382. The van der Waals surface area contributed by atoms with Crippen LogP contribution in [0, 0.1) is 11.2 Å². The molecule has 0 radical (unpaired) electrons. The summed E-state index contributed by atoms with van der Waals surface area (Å²) >= 11 is 0. The molecule has 0 bridgehead atoms. The highest BCUT2D eigenvalue weighted by molar-refractivity contribution is 5.79. The minimum atomic E-state index is -1.55. The fourth-order valence-corrected chi connectivity index (χ4v) is 1.66. The van der Waals surface area contributed by atoms with Gasteiger partial charge in [-0.15, -0.1) is 0 Å². The quantitative estimate of drug-likeness (QED) is 0.836. The predicted octanol–water partition coefficient (Wildman–Crippen LogP) is 2.70. The molecule has 1 aromatic rings. The highest BCUT2D eigenvalue weighted by atomic mass is 19.1. The van der Waals surface area contributed by atoms with E-state index in [1.165, 1.54) is 12.1 Å². The molecule has 4 heteroatoms. The van der Waals surface area contributed by atoms with Crippen molar-refractivity contribution < 1.29 is 18.7 Å². The van der Waals surface area contributed by atoms with Crippen LogP contribution in [-0.4, -0.2) is 11.1 Å². The van der Waals surface area contributed by atoms with Crippen molar-refractivity contribution in [3.05, 3.63) is 35.6 Å². The van der Waals surface area contributed by atoms with Crippen LogP contribution >= 0.6 is 0 Å². The summed E-state index contributed by atoms with van der Waals surface area (Å²) in [5, 5.41) is 8.88. The Hall–Kier alpha value is -1.45. The van der Waals surface area contributed by atoms with Crippen LogP contribution in [0.3, 0.4) is 0 Å². The van der Waals surface area contributed by atoms with E-state index in [1.54, 1.807) is 0 Å². The van der Waals surface area contributed by atoms with E-state index in [0.29, 0.717) is 12.8 Å². The summed E-state index contributed by atoms with van der Waals surface area (Å²) in [4.78, 5) is 10.9. The minimum Gasteiger partial charge on any atom is -0.481 e. The Labute approximate surface area is 85.5 Å². The third kappa shape index (κ3) is 1.60. The maximum absolute atomic E-state index is 13.9. The molecule has 1 unspecified atom stereocenters. The number of carbonyl (C=O) groups is 1. The highest BCUT2D eigenvalue weighted by Gasteiger charge is 2.57. The molecule has 1 saturated carbocycles. The van der Waals surface area contributed by atoms with Crippen LogP contribution < -0.4 is 0 Å². The van der Waals surface area contributed by atoms with Crippen LogP contribution in [0.4, 0.5) is 8.78 Å². The number of carboxylic acid groups (broad SMARTS) is 1. The largest absolute Gasteiger partial charge is 0.481 e. The van der Waals surface area contributed by atoms with Crippen molar-refractivity contribution in [3.8, 4) is 0 Å². The SMILES string of the molecule is O=C(O)C1(C(F)c2ccc(F)cc2)CC1. The van der Waals surface area contributed by atoms with Crippen molar-refractivity contribution in [2.75, 3.05) is 0 Å². The monoisotopic (exact) mass is 212 g/mol. The molecule has 1 aliphatic carbocycles. The first kappa shape index (κ1) is 10.1. The molecular formula is C11H10F2O2. The van der Waals surface area contributed by atoms with Crippen LogP contribution in [0.15, 0.2) is 24.3 Å². The van der Waals surface area contributed by atoms with E-state index >= 15 is 0 Å². The molecule has 0 saturated heterocycles. The van der Waals surface area contributed by atoms with Gasteiger partial charge < -0.3 is 5.11 Å². The standard InChI is InChI=1S/C11H10F2O2/c12-8-3-1-7(2-4-8)9(13)11(5-6-11)10(14)15/h1-4,9H,5-6H2,(H,14,15). The molecule has 0 aliphatic heterocycles. The zero-order valence-corrected chi connectivity index (χ0v) is 7.91. The number of benzene rings is 1. The van der Waals surface area contributed by atoms with Gasteiger partial charge in [0.05, 0.1) is 0 Å². The molecule has 1 aliphatic rings. The van der Waals surface area contributed by atoms with Crippen molar-refractivity contribution in [1.82, 2.24) is 0 Å². The summed E-state index contributed by atoms with van der Waals surface area (Å²) in [5.74, 6) is -1.56. The van der Waals surface area contributed by atoms with Gasteiger partial charge in [-0.2, -0.15) is 0 Å². The van der Waals surface area contributed by atoms with E-state index in [-0.39, 0.29) is 5.56 Å². The van der Waals surface area contributed by atoms with Gasteiger partial charge >= 0.3 is 5.97 Å². The number of rotatable bonds is 3. The average molecular weight is 212 g/mol. The van der Waals surface area contributed by atoms with E-state index in [4.69, 9.17) is 5.11 Å². The number of halogens is 2. The topological polar surface area (TPSA) is 37.3 Å². The lowest BCUT2D eigenvalue weighted by Gasteiger charge is -2.15. The molecule has 15 heavy (non-hydrogen) atoms. The van der Waals surface area contributed by atoms with Gasteiger partial charge in [-0.3, -0.25) is 4.79 Å². The van der Waals surface area contributed by atoms with E-state index in [2.05, 4.69) is 0 Å². The summed E-state index contributed by atoms with van der Waals surface area (Å²) in [6, 6.07) is 4.87. The smallest absolute Gasteiger partial charge is 0.312 e. The van der Waals surface area contributed by atoms with Crippen molar-refractivity contribution in [3.63, 3.8) is 0 Å². The molecule has 2 rings (SSSR count). The number of aliphatic carboxylic acids is 1. The van der Waals surface area contributed by atoms with Gasteiger partial charge in [0.15, 0.2) is 0 Å². The second-order valence-electron chi connectivity index (χ2n) is 3.88. The van der Waals surface area contributed by atoms with Gasteiger partial charge in [-0.25, -0.2) is 8.78 Å². The summed E-state index contributed by atoms with van der Waals surface area (Å²) in [5.41, 5.74) is -1.03. The Balaban J connectivity index is 2.25. The van der Waals surface area contributed by atoms with Crippen LogP contribution in [0.5, 0.6) is 0 Å². The molecule has 0 aromatic heterocycles. The molecule has 2 nitrogen and oxygen atoms in total. The summed E-state index contributed by atoms with van der Waals surface area (Å²) in [7, 11) is 0. The zero-order valence-electron chi connectivity index (χ0n) is 7.91. The van der Waals surface area contributed by atoms with E-state index < -0.39 is 23.4 Å². The van der Waals surface area contributed by atoms with Crippen molar-refractivity contribution in [2.45, 2.75) is 19.0 Å². The van der Waals surface area contributed by atoms with E-state index in [0.717, 1.165) is 12.1 Å². The predicted molar refractivity (Wildman–Crippen MR) is 49.6 cm³/mol. The lowest BCUT2D eigenvalue weighted by molar-refractivity contribution is -0.146. The van der Waals surface area contributed by atoms with Crippen LogP contribution in [0.25, 0.3) is 0 Å².